The fourth-order valence-corrected chi connectivity index (χ4v) is 3.85. The van der Waals surface area contributed by atoms with Gasteiger partial charge in [-0.15, -0.1) is 0 Å². The van der Waals surface area contributed by atoms with Gasteiger partial charge in [-0.25, -0.2) is 0 Å². The average Bonchev–Trinajstić information content (AvgIpc) is 2.50. The average molecular weight is 211 g/mol. The highest BCUT2D eigenvalue weighted by Crippen LogP contribution is 2.65. The van der Waals surface area contributed by atoms with Crippen LogP contribution in [0.25, 0.3) is 0 Å². The van der Waals surface area contributed by atoms with E-state index in [1.165, 1.54) is 19.3 Å². The van der Waals surface area contributed by atoms with Crippen LogP contribution in [0.5, 0.6) is 0 Å². The minimum Gasteiger partial charge on any atom is -0.395 e. The lowest BCUT2D eigenvalue weighted by Crippen LogP contribution is -2.48. The first-order valence-electron chi connectivity index (χ1n) is 6.28. The lowest BCUT2D eigenvalue weighted by atomic mass is 9.69. The first-order valence-corrected chi connectivity index (χ1v) is 6.28. The monoisotopic (exact) mass is 211 g/mol. The summed E-state index contributed by atoms with van der Waals surface area (Å²) in [7, 11) is 0. The van der Waals surface area contributed by atoms with Crippen LogP contribution in [0.3, 0.4) is 0 Å². The highest BCUT2D eigenvalue weighted by Gasteiger charge is 2.61. The molecule has 2 nitrogen and oxygen atoms in total. The third kappa shape index (κ3) is 1.45. The largest absolute Gasteiger partial charge is 0.395 e. The van der Waals surface area contributed by atoms with E-state index in [-0.39, 0.29) is 12.6 Å². The lowest BCUT2D eigenvalue weighted by molar-refractivity contribution is 0.109. The molecule has 0 radical (unpaired) electrons. The van der Waals surface area contributed by atoms with Crippen molar-refractivity contribution in [3.05, 3.63) is 0 Å². The number of fused-ring (bicyclic) bond motifs is 2. The molecule has 2 aliphatic rings. The number of hydrogen-bond acceptors (Lipinski definition) is 2. The maximum atomic E-state index is 9.12. The standard InChI is InChI=1S/C13H25NO/c1-9(8-15)14-11-7-10-5-6-13(11,4)12(10,2)3/h9-11,14-15H,5-8H2,1-4H3/t9-,10?,11?,13+/m0/s1. The van der Waals surface area contributed by atoms with Crippen molar-refractivity contribution in [2.45, 2.75) is 59.0 Å². The number of aliphatic hydroxyl groups excluding tert-OH is 1. The fourth-order valence-electron chi connectivity index (χ4n) is 3.85. The first kappa shape index (κ1) is 11.4. The van der Waals surface area contributed by atoms with Crippen LogP contribution >= 0.6 is 0 Å². The van der Waals surface area contributed by atoms with Gasteiger partial charge in [0.05, 0.1) is 6.61 Å². The van der Waals surface area contributed by atoms with Crippen molar-refractivity contribution in [3.63, 3.8) is 0 Å². The Morgan fingerprint density at radius 1 is 1.40 bits per heavy atom. The summed E-state index contributed by atoms with van der Waals surface area (Å²) in [6.07, 6.45) is 4.05. The molecule has 0 aromatic carbocycles. The van der Waals surface area contributed by atoms with Gasteiger partial charge in [0, 0.05) is 12.1 Å². The van der Waals surface area contributed by atoms with Crippen molar-refractivity contribution >= 4 is 0 Å². The normalized spacial score (nSPS) is 44.6. The second-order valence-corrected chi connectivity index (χ2v) is 6.41. The van der Waals surface area contributed by atoms with E-state index in [1.807, 2.05) is 0 Å². The molecule has 2 N–H and O–H groups in total. The van der Waals surface area contributed by atoms with E-state index >= 15 is 0 Å². The minimum atomic E-state index is 0.238. The second-order valence-electron chi connectivity index (χ2n) is 6.41. The fraction of sp³-hybridized carbons (Fsp3) is 1.00. The van der Waals surface area contributed by atoms with Crippen molar-refractivity contribution in [2.24, 2.45) is 16.7 Å². The van der Waals surface area contributed by atoms with E-state index < -0.39 is 0 Å². The topological polar surface area (TPSA) is 32.3 Å². The van der Waals surface area contributed by atoms with Crippen molar-refractivity contribution in [2.75, 3.05) is 6.61 Å². The van der Waals surface area contributed by atoms with Gasteiger partial charge in [0.25, 0.3) is 0 Å². The summed E-state index contributed by atoms with van der Waals surface area (Å²) >= 11 is 0. The third-order valence-corrected chi connectivity index (χ3v) is 5.55. The maximum absolute atomic E-state index is 9.12. The Morgan fingerprint density at radius 2 is 2.07 bits per heavy atom. The van der Waals surface area contributed by atoms with Crippen molar-refractivity contribution in [1.29, 1.82) is 0 Å². The Hall–Kier alpha value is -0.0800. The van der Waals surface area contributed by atoms with Crippen LogP contribution in [0.1, 0.15) is 47.0 Å². The molecule has 2 unspecified atom stereocenters. The molecular formula is C13H25NO. The number of hydrogen-bond donors (Lipinski definition) is 2. The predicted molar refractivity (Wildman–Crippen MR) is 62.7 cm³/mol. The van der Waals surface area contributed by atoms with Gasteiger partial charge in [-0.3, -0.25) is 0 Å². The van der Waals surface area contributed by atoms with Crippen molar-refractivity contribution < 1.29 is 5.11 Å². The van der Waals surface area contributed by atoms with E-state index in [1.54, 1.807) is 0 Å². The Morgan fingerprint density at radius 3 is 2.47 bits per heavy atom. The van der Waals surface area contributed by atoms with E-state index in [0.717, 1.165) is 5.92 Å². The maximum Gasteiger partial charge on any atom is 0.0582 e. The molecule has 0 aromatic heterocycles. The van der Waals surface area contributed by atoms with Crippen LogP contribution in [-0.2, 0) is 0 Å². The molecule has 15 heavy (non-hydrogen) atoms. The van der Waals surface area contributed by atoms with E-state index in [0.29, 0.717) is 16.9 Å². The minimum absolute atomic E-state index is 0.238. The van der Waals surface area contributed by atoms with Crippen LogP contribution in [0.15, 0.2) is 0 Å². The molecule has 88 valence electrons. The number of aliphatic hydroxyl groups is 1. The summed E-state index contributed by atoms with van der Waals surface area (Å²) in [5.41, 5.74) is 0.904. The van der Waals surface area contributed by atoms with Gasteiger partial charge >= 0.3 is 0 Å². The zero-order valence-corrected chi connectivity index (χ0v) is 10.5. The van der Waals surface area contributed by atoms with Gasteiger partial charge < -0.3 is 10.4 Å². The molecule has 2 fully saturated rings. The van der Waals surface area contributed by atoms with Gasteiger partial charge in [0.2, 0.25) is 0 Å². The van der Waals surface area contributed by atoms with Crippen molar-refractivity contribution in [1.82, 2.24) is 5.32 Å². The zero-order chi connectivity index (χ0) is 11.3. The molecule has 0 spiro atoms. The SMILES string of the molecule is C[C@@H](CO)NC1CC2CC[C@@]1(C)C2(C)C. The van der Waals surface area contributed by atoms with Gasteiger partial charge in [0.1, 0.15) is 0 Å². The van der Waals surface area contributed by atoms with Gasteiger partial charge in [-0.2, -0.15) is 0 Å². The van der Waals surface area contributed by atoms with E-state index in [4.69, 9.17) is 5.11 Å². The summed E-state index contributed by atoms with van der Waals surface area (Å²) in [5, 5.41) is 12.7. The lowest BCUT2D eigenvalue weighted by Gasteiger charge is -2.40. The molecule has 0 aliphatic heterocycles. The molecule has 2 aliphatic carbocycles. The van der Waals surface area contributed by atoms with Crippen molar-refractivity contribution in [3.8, 4) is 0 Å². The zero-order valence-electron chi connectivity index (χ0n) is 10.5. The molecule has 2 rings (SSSR count). The van der Waals surface area contributed by atoms with E-state index in [2.05, 4.69) is 33.0 Å². The highest BCUT2D eigenvalue weighted by atomic mass is 16.3. The number of nitrogens with one attached hydrogen (secondary N) is 1. The highest BCUT2D eigenvalue weighted by molar-refractivity contribution is 5.13. The molecule has 0 aromatic rings. The van der Waals surface area contributed by atoms with Crippen LogP contribution in [0.2, 0.25) is 0 Å². The number of rotatable bonds is 3. The molecule has 2 saturated carbocycles. The molecule has 0 amide bonds. The van der Waals surface area contributed by atoms with Crippen LogP contribution in [0, 0.1) is 16.7 Å². The Bertz CT molecular complexity index is 251. The van der Waals surface area contributed by atoms with Gasteiger partial charge in [0.15, 0.2) is 0 Å². The van der Waals surface area contributed by atoms with Gasteiger partial charge in [-0.1, -0.05) is 20.8 Å². The van der Waals surface area contributed by atoms with Crippen LogP contribution in [0.4, 0.5) is 0 Å². The molecule has 2 bridgehead atoms. The van der Waals surface area contributed by atoms with Gasteiger partial charge in [-0.05, 0) is 42.9 Å². The summed E-state index contributed by atoms with van der Waals surface area (Å²) in [6.45, 7) is 9.60. The summed E-state index contributed by atoms with van der Waals surface area (Å²) in [6, 6.07) is 0.843. The smallest absolute Gasteiger partial charge is 0.0582 e. The van der Waals surface area contributed by atoms with E-state index in [9.17, 15) is 0 Å². The molecule has 0 saturated heterocycles. The summed E-state index contributed by atoms with van der Waals surface area (Å²) in [5.74, 6) is 0.880. The molecule has 0 heterocycles. The Kier molecular flexibility index (Phi) is 2.63. The van der Waals surface area contributed by atoms with Crippen LogP contribution in [-0.4, -0.2) is 23.8 Å². The summed E-state index contributed by atoms with van der Waals surface area (Å²) < 4.78 is 0. The molecular weight excluding hydrogens is 186 g/mol. The van der Waals surface area contributed by atoms with Crippen LogP contribution < -0.4 is 5.32 Å². The molecule has 2 heteroatoms. The third-order valence-electron chi connectivity index (χ3n) is 5.55. The molecule has 4 atom stereocenters. The second kappa shape index (κ2) is 3.46. The summed E-state index contributed by atoms with van der Waals surface area (Å²) in [4.78, 5) is 0. The Labute approximate surface area is 93.5 Å². The predicted octanol–water partition coefficient (Wildman–Crippen LogP) is 2.17. The quantitative estimate of drug-likeness (QED) is 0.750. The Balaban J connectivity index is 2.12. The first-order chi connectivity index (χ1) is 6.91.